The fourth-order valence-electron chi connectivity index (χ4n) is 1.45. The van der Waals surface area contributed by atoms with Gasteiger partial charge in [0.1, 0.15) is 0 Å². The zero-order valence-corrected chi connectivity index (χ0v) is 7.02. The maximum absolute atomic E-state index is 11.2. The lowest BCUT2D eigenvalue weighted by molar-refractivity contribution is -0.384. The van der Waals surface area contributed by atoms with Gasteiger partial charge in [-0.05, 0) is 5.56 Å². The minimum atomic E-state index is -0.622. The topological polar surface area (TPSA) is 77.3 Å². The summed E-state index contributed by atoms with van der Waals surface area (Å²) < 4.78 is 0. The highest BCUT2D eigenvalue weighted by atomic mass is 16.6. The molecule has 0 bridgehead atoms. The van der Waals surface area contributed by atoms with E-state index < -0.39 is 16.5 Å². The summed E-state index contributed by atoms with van der Waals surface area (Å²) in [6, 6.07) is 3.91. The molecule has 0 heterocycles. The fraction of sp³-hybridized carbons (Fsp3) is 0.111. The lowest BCUT2D eigenvalue weighted by Crippen LogP contribution is -2.05. The van der Waals surface area contributed by atoms with Gasteiger partial charge in [0.2, 0.25) is 11.6 Å². The Morgan fingerprint density at radius 3 is 2.64 bits per heavy atom. The van der Waals surface area contributed by atoms with Crippen molar-refractivity contribution in [3.63, 3.8) is 0 Å². The number of non-ortho nitro benzene ring substituents is 1. The van der Waals surface area contributed by atoms with Crippen LogP contribution in [0.4, 0.5) is 5.69 Å². The van der Waals surface area contributed by atoms with Gasteiger partial charge >= 0.3 is 0 Å². The molecule has 0 spiro atoms. The van der Waals surface area contributed by atoms with Gasteiger partial charge in [-0.2, -0.15) is 0 Å². The van der Waals surface area contributed by atoms with Crippen LogP contribution >= 0.6 is 0 Å². The summed E-state index contributed by atoms with van der Waals surface area (Å²) in [5.74, 6) is -1.12. The molecule has 0 amide bonds. The third-order valence-corrected chi connectivity index (χ3v) is 2.15. The number of rotatable bonds is 1. The monoisotopic (exact) mass is 191 g/mol. The van der Waals surface area contributed by atoms with Crippen LogP contribution in [0, 0.1) is 10.1 Å². The second-order valence-corrected chi connectivity index (χ2v) is 3.03. The second-order valence-electron chi connectivity index (χ2n) is 3.03. The number of Topliss-reactive ketones (excluding diaryl/α,β-unsaturated/α-hetero) is 2. The fourth-order valence-corrected chi connectivity index (χ4v) is 1.45. The predicted octanol–water partition coefficient (Wildman–Crippen LogP) is 0.903. The first kappa shape index (κ1) is 8.55. The van der Waals surface area contributed by atoms with E-state index >= 15 is 0 Å². The van der Waals surface area contributed by atoms with Crippen LogP contribution in [0.1, 0.15) is 15.9 Å². The zero-order valence-electron chi connectivity index (χ0n) is 7.02. The molecule has 14 heavy (non-hydrogen) atoms. The van der Waals surface area contributed by atoms with Gasteiger partial charge in [-0.3, -0.25) is 19.7 Å². The Morgan fingerprint density at radius 2 is 2.00 bits per heavy atom. The molecule has 0 saturated heterocycles. The summed E-state index contributed by atoms with van der Waals surface area (Å²) in [4.78, 5) is 32.0. The molecule has 5 heteroatoms. The van der Waals surface area contributed by atoms with Crippen molar-refractivity contribution in [2.75, 3.05) is 0 Å². The van der Waals surface area contributed by atoms with E-state index in [4.69, 9.17) is 0 Å². The van der Waals surface area contributed by atoms with E-state index in [2.05, 4.69) is 0 Å². The van der Waals surface area contributed by atoms with Gasteiger partial charge in [0.05, 0.1) is 4.92 Å². The Balaban J connectivity index is 2.57. The van der Waals surface area contributed by atoms with Crippen LogP contribution in [0.25, 0.3) is 0 Å². The number of hydrogen-bond donors (Lipinski definition) is 0. The number of ketones is 2. The molecule has 1 aromatic carbocycles. The number of nitro benzene ring substituents is 1. The Kier molecular flexibility index (Phi) is 1.67. The van der Waals surface area contributed by atoms with Gasteiger partial charge < -0.3 is 0 Å². The summed E-state index contributed by atoms with van der Waals surface area (Å²) in [5.41, 5.74) is 0.585. The van der Waals surface area contributed by atoms with Crippen LogP contribution in [0.5, 0.6) is 0 Å². The number of hydrogen-bond acceptors (Lipinski definition) is 4. The van der Waals surface area contributed by atoms with Crippen molar-refractivity contribution in [3.05, 3.63) is 39.4 Å². The third-order valence-electron chi connectivity index (χ3n) is 2.15. The molecule has 0 radical (unpaired) electrons. The molecular formula is C9H5NO4. The van der Waals surface area contributed by atoms with Crippen LogP contribution in [0.2, 0.25) is 0 Å². The predicted molar refractivity (Wildman–Crippen MR) is 46.1 cm³/mol. The van der Waals surface area contributed by atoms with Crippen molar-refractivity contribution in [1.29, 1.82) is 0 Å². The van der Waals surface area contributed by atoms with Crippen molar-refractivity contribution in [1.82, 2.24) is 0 Å². The summed E-state index contributed by atoms with van der Waals surface area (Å²) in [5, 5.41) is 10.4. The molecular weight excluding hydrogens is 186 g/mol. The van der Waals surface area contributed by atoms with Crippen molar-refractivity contribution >= 4 is 17.3 Å². The lowest BCUT2D eigenvalue weighted by atomic mass is 10.1. The first-order valence-electron chi connectivity index (χ1n) is 3.94. The quantitative estimate of drug-likeness (QED) is 0.375. The summed E-state index contributed by atoms with van der Waals surface area (Å²) >= 11 is 0. The number of carbonyl (C=O) groups is 2. The Hall–Kier alpha value is -2.04. The van der Waals surface area contributed by atoms with E-state index in [0.29, 0.717) is 5.56 Å². The van der Waals surface area contributed by atoms with Crippen molar-refractivity contribution in [3.8, 4) is 0 Å². The van der Waals surface area contributed by atoms with Gasteiger partial charge in [0, 0.05) is 24.1 Å². The summed E-state index contributed by atoms with van der Waals surface area (Å²) in [6.45, 7) is 0. The Bertz CT molecular complexity index is 464. The van der Waals surface area contributed by atoms with Crippen molar-refractivity contribution < 1.29 is 14.5 Å². The summed E-state index contributed by atoms with van der Waals surface area (Å²) in [7, 11) is 0. The maximum Gasteiger partial charge on any atom is 0.270 e. The van der Waals surface area contributed by atoms with E-state index in [-0.39, 0.29) is 17.7 Å². The maximum atomic E-state index is 11.2. The van der Waals surface area contributed by atoms with Gasteiger partial charge in [-0.25, -0.2) is 0 Å². The smallest absolute Gasteiger partial charge is 0.270 e. The van der Waals surface area contributed by atoms with Crippen LogP contribution in [0.15, 0.2) is 18.2 Å². The van der Waals surface area contributed by atoms with E-state index in [1.165, 1.54) is 12.1 Å². The molecule has 0 aliphatic heterocycles. The summed E-state index contributed by atoms with van der Waals surface area (Å²) in [6.07, 6.45) is 0.0617. The SMILES string of the molecule is O=C1Cc2ccc([N+](=O)[O-])cc2C1=O. The average molecular weight is 191 g/mol. The number of benzene rings is 1. The van der Waals surface area contributed by atoms with Gasteiger partial charge in [-0.15, -0.1) is 0 Å². The van der Waals surface area contributed by atoms with Crippen LogP contribution in [-0.4, -0.2) is 16.5 Å². The van der Waals surface area contributed by atoms with E-state index in [9.17, 15) is 19.7 Å². The van der Waals surface area contributed by atoms with Gasteiger partial charge in [0.15, 0.2) is 0 Å². The minimum Gasteiger partial charge on any atom is -0.290 e. The Morgan fingerprint density at radius 1 is 1.29 bits per heavy atom. The molecule has 0 aromatic heterocycles. The highest BCUT2D eigenvalue weighted by Crippen LogP contribution is 2.24. The zero-order chi connectivity index (χ0) is 10.3. The highest BCUT2D eigenvalue weighted by Gasteiger charge is 2.29. The molecule has 0 unspecified atom stereocenters. The molecule has 0 saturated carbocycles. The van der Waals surface area contributed by atoms with E-state index in [1.54, 1.807) is 0 Å². The van der Waals surface area contributed by atoms with Crippen molar-refractivity contribution in [2.24, 2.45) is 0 Å². The van der Waals surface area contributed by atoms with Crippen molar-refractivity contribution in [2.45, 2.75) is 6.42 Å². The van der Waals surface area contributed by atoms with Gasteiger partial charge in [-0.1, -0.05) is 6.07 Å². The van der Waals surface area contributed by atoms with Crippen LogP contribution in [0.3, 0.4) is 0 Å². The number of nitrogens with zero attached hydrogens (tertiary/aromatic N) is 1. The lowest BCUT2D eigenvalue weighted by Gasteiger charge is -1.95. The average Bonchev–Trinajstić information content (AvgIpc) is 2.43. The Labute approximate surface area is 78.5 Å². The molecule has 1 aliphatic carbocycles. The van der Waals surface area contributed by atoms with Gasteiger partial charge in [0.25, 0.3) is 5.69 Å². The number of carbonyl (C=O) groups excluding carboxylic acids is 2. The first-order valence-corrected chi connectivity index (χ1v) is 3.94. The molecule has 0 fully saturated rings. The highest BCUT2D eigenvalue weighted by molar-refractivity contribution is 6.47. The largest absolute Gasteiger partial charge is 0.290 e. The number of nitro groups is 1. The molecule has 0 N–H and O–H groups in total. The van der Waals surface area contributed by atoms with Crippen LogP contribution in [-0.2, 0) is 11.2 Å². The van der Waals surface area contributed by atoms with E-state index in [1.807, 2.05) is 0 Å². The molecule has 1 aromatic rings. The molecule has 0 atom stereocenters. The molecule has 1 aliphatic rings. The third kappa shape index (κ3) is 1.10. The molecule has 70 valence electrons. The molecule has 2 rings (SSSR count). The second kappa shape index (κ2) is 2.73. The van der Waals surface area contributed by atoms with E-state index in [0.717, 1.165) is 6.07 Å². The normalized spacial score (nSPS) is 14.3. The number of fused-ring (bicyclic) bond motifs is 1. The standard InChI is InChI=1S/C9H5NO4/c11-8-3-5-1-2-6(10(13)14)4-7(5)9(8)12/h1-2,4H,3H2. The van der Waals surface area contributed by atoms with Crippen LogP contribution < -0.4 is 0 Å². The minimum absolute atomic E-state index is 0.0617. The molecule has 5 nitrogen and oxygen atoms in total. The first-order chi connectivity index (χ1) is 6.59.